The minimum Gasteiger partial charge on any atom is -0.462 e. The van der Waals surface area contributed by atoms with Crippen LogP contribution in [0, 0.1) is 0 Å². The van der Waals surface area contributed by atoms with E-state index < -0.39 is 75.7 Å². The van der Waals surface area contributed by atoms with Gasteiger partial charge < -0.3 is 45.0 Å². The molecule has 0 heterocycles. The van der Waals surface area contributed by atoms with E-state index in [-0.39, 0.29) is 18.9 Å². The van der Waals surface area contributed by atoms with Crippen LogP contribution in [0.3, 0.4) is 0 Å². The van der Waals surface area contributed by atoms with Crippen molar-refractivity contribution in [1.82, 2.24) is 0 Å². The van der Waals surface area contributed by atoms with Crippen molar-refractivity contribution in [2.75, 3.05) is 13.2 Å². The Balaban J connectivity index is 2.53. The number of hydrogen-bond donors (Lipinski definition) is 7. The number of carbonyl (C=O) groups is 2. The largest absolute Gasteiger partial charge is 0.472 e. The third-order valence-corrected chi connectivity index (χ3v) is 10.5. The first kappa shape index (κ1) is 55.3. The average molecular weight is 871 g/mol. The van der Waals surface area contributed by atoms with Crippen molar-refractivity contribution in [3.8, 4) is 0 Å². The van der Waals surface area contributed by atoms with Gasteiger partial charge in [-0.1, -0.05) is 106 Å². The maximum absolute atomic E-state index is 12.8. The molecule has 1 saturated carbocycles. The van der Waals surface area contributed by atoms with Gasteiger partial charge in [-0.15, -0.1) is 0 Å². The van der Waals surface area contributed by atoms with Crippen molar-refractivity contribution >= 4 is 19.8 Å². The summed E-state index contributed by atoms with van der Waals surface area (Å²) in [7, 11) is -5.14. The van der Waals surface area contributed by atoms with E-state index in [9.17, 15) is 49.7 Å². The summed E-state index contributed by atoms with van der Waals surface area (Å²) in [6.07, 6.45) is 26.7. The van der Waals surface area contributed by atoms with E-state index in [1.165, 1.54) is 0 Å². The first-order valence-corrected chi connectivity index (χ1v) is 23.3. The predicted octanol–water partition coefficient (Wildman–Crippen LogP) is 6.91. The van der Waals surface area contributed by atoms with Gasteiger partial charge in [-0.2, -0.15) is 0 Å². The Labute approximate surface area is 358 Å². The quantitative estimate of drug-likeness (QED) is 0.0151. The molecule has 60 heavy (non-hydrogen) atoms. The number of rotatable bonds is 34. The number of esters is 2. The van der Waals surface area contributed by atoms with Gasteiger partial charge in [0.05, 0.1) is 12.7 Å². The van der Waals surface area contributed by atoms with Gasteiger partial charge in [-0.25, -0.2) is 4.57 Å². The van der Waals surface area contributed by atoms with Gasteiger partial charge in [0.2, 0.25) is 0 Å². The van der Waals surface area contributed by atoms with E-state index >= 15 is 0 Å². The highest BCUT2D eigenvalue weighted by Crippen LogP contribution is 2.47. The molecule has 15 heteroatoms. The van der Waals surface area contributed by atoms with Crippen LogP contribution in [0.25, 0.3) is 0 Å². The highest BCUT2D eigenvalue weighted by atomic mass is 31.2. The zero-order valence-corrected chi connectivity index (χ0v) is 36.7. The first-order valence-electron chi connectivity index (χ1n) is 21.8. The topological polar surface area (TPSA) is 230 Å². The lowest BCUT2D eigenvalue weighted by Crippen LogP contribution is -2.64. The number of aliphatic hydroxyl groups excluding tert-OH is 6. The fourth-order valence-electron chi connectivity index (χ4n) is 5.98. The molecule has 0 spiro atoms. The number of ether oxygens (including phenoxy) is 2. The minimum absolute atomic E-state index is 0.0585. The molecule has 0 amide bonds. The molecule has 1 aliphatic rings. The van der Waals surface area contributed by atoms with Crippen molar-refractivity contribution in [2.24, 2.45) is 0 Å². The zero-order valence-electron chi connectivity index (χ0n) is 35.8. The Morgan fingerprint density at radius 1 is 0.583 bits per heavy atom. The second-order valence-electron chi connectivity index (χ2n) is 15.1. The normalized spacial score (nSPS) is 23.4. The molecule has 9 atom stereocenters. The second kappa shape index (κ2) is 34.8. The van der Waals surface area contributed by atoms with Crippen LogP contribution in [0.15, 0.2) is 72.9 Å². The van der Waals surface area contributed by atoms with Gasteiger partial charge in [0.1, 0.15) is 43.2 Å². The van der Waals surface area contributed by atoms with Crippen molar-refractivity contribution in [3.05, 3.63) is 72.9 Å². The molecular weight excluding hydrogens is 795 g/mol. The molecule has 0 bridgehead atoms. The van der Waals surface area contributed by atoms with Gasteiger partial charge >= 0.3 is 19.8 Å². The molecule has 0 aromatic carbocycles. The summed E-state index contributed by atoms with van der Waals surface area (Å²) < 4.78 is 33.4. The number of phosphoric ester groups is 1. The maximum atomic E-state index is 12.8. The van der Waals surface area contributed by atoms with Crippen LogP contribution >= 0.6 is 7.82 Å². The molecule has 1 aliphatic carbocycles. The summed E-state index contributed by atoms with van der Waals surface area (Å²) >= 11 is 0. The number of hydrogen-bond acceptors (Lipinski definition) is 13. The van der Waals surface area contributed by atoms with Crippen molar-refractivity contribution in [1.29, 1.82) is 0 Å². The van der Waals surface area contributed by atoms with Gasteiger partial charge in [-0.3, -0.25) is 18.6 Å². The van der Waals surface area contributed by atoms with Crippen LogP contribution < -0.4 is 0 Å². The Kier molecular flexibility index (Phi) is 32.0. The van der Waals surface area contributed by atoms with Crippen LogP contribution in [0.5, 0.6) is 0 Å². The zero-order chi connectivity index (χ0) is 44.4. The maximum Gasteiger partial charge on any atom is 0.472 e. The Hall–Kier alpha value is -2.75. The number of allylic oxidation sites excluding steroid dienone is 12. The first-order chi connectivity index (χ1) is 28.8. The summed E-state index contributed by atoms with van der Waals surface area (Å²) in [6, 6.07) is 0. The van der Waals surface area contributed by atoms with Crippen molar-refractivity contribution in [3.63, 3.8) is 0 Å². The molecule has 0 saturated heterocycles. The molecule has 0 radical (unpaired) electrons. The van der Waals surface area contributed by atoms with Gasteiger partial charge in [-0.05, 0) is 90.4 Å². The van der Waals surface area contributed by atoms with Crippen LogP contribution in [0.1, 0.15) is 136 Å². The summed E-state index contributed by atoms with van der Waals surface area (Å²) in [6.45, 7) is 2.70. The summed E-state index contributed by atoms with van der Waals surface area (Å²) in [4.78, 5) is 35.6. The summed E-state index contributed by atoms with van der Waals surface area (Å²) in [5.41, 5.74) is 0. The van der Waals surface area contributed by atoms with Crippen LogP contribution in [-0.2, 0) is 32.7 Å². The van der Waals surface area contributed by atoms with Crippen LogP contribution in [0.4, 0.5) is 0 Å². The van der Waals surface area contributed by atoms with E-state index in [0.29, 0.717) is 19.3 Å². The standard InChI is InChI=1S/C45H75O14P/c1-3-4-5-6-7-8-9-13-18-21-24-27-30-33-39(48)58-37(35-57-60(54,55)59-45-43(52)41(50)40(49)42(51)44(45)53)34-56-38(47)32-29-26-23-20-17-15-12-10-11-14-16-19-22-25-28-31-36(2)46/h5-6,8-9,11-12,14-15,19-20,22-23,36-37,40-46,49-53H,3-4,7,10,13,16-18,21,24-35H2,1-2H3,(H,54,55)/b6-5-,9-8-,14-11-,15-12-,22-19-,23-20-/t36-,37-,40?,41-,42+,43-,44-,45?/m1/s1. The lowest BCUT2D eigenvalue weighted by molar-refractivity contribution is -0.220. The fourth-order valence-corrected chi connectivity index (χ4v) is 6.95. The fraction of sp³-hybridized carbons (Fsp3) is 0.689. The van der Waals surface area contributed by atoms with Gasteiger partial charge in [0, 0.05) is 12.8 Å². The number of aliphatic hydroxyl groups is 6. The smallest absolute Gasteiger partial charge is 0.462 e. The van der Waals surface area contributed by atoms with E-state index in [1.54, 1.807) is 6.92 Å². The molecule has 3 unspecified atom stereocenters. The van der Waals surface area contributed by atoms with E-state index in [1.807, 2.05) is 12.2 Å². The van der Waals surface area contributed by atoms with Crippen molar-refractivity contribution in [2.45, 2.75) is 185 Å². The van der Waals surface area contributed by atoms with Crippen LogP contribution in [-0.4, -0.2) is 110 Å². The van der Waals surface area contributed by atoms with Crippen LogP contribution in [0.2, 0.25) is 0 Å². The van der Waals surface area contributed by atoms with Gasteiger partial charge in [0.15, 0.2) is 6.10 Å². The molecule has 0 aromatic heterocycles. The number of unbranched alkanes of at least 4 members (excludes halogenated alkanes) is 8. The molecule has 14 nitrogen and oxygen atoms in total. The monoisotopic (exact) mass is 870 g/mol. The van der Waals surface area contributed by atoms with Gasteiger partial charge in [0.25, 0.3) is 0 Å². The van der Waals surface area contributed by atoms with E-state index in [2.05, 4.69) is 67.7 Å². The Bertz CT molecular complexity index is 1340. The molecule has 1 rings (SSSR count). The molecule has 7 N–H and O–H groups in total. The van der Waals surface area contributed by atoms with Crippen molar-refractivity contribution < 1.29 is 68.2 Å². The Morgan fingerprint density at radius 3 is 1.58 bits per heavy atom. The average Bonchev–Trinajstić information content (AvgIpc) is 3.21. The molecule has 0 aromatic rings. The highest BCUT2D eigenvalue weighted by molar-refractivity contribution is 7.47. The third kappa shape index (κ3) is 28.0. The summed E-state index contributed by atoms with van der Waals surface area (Å²) in [5, 5.41) is 59.3. The number of phosphoric acid groups is 1. The Morgan fingerprint density at radius 2 is 1.03 bits per heavy atom. The third-order valence-electron chi connectivity index (χ3n) is 9.52. The molecule has 344 valence electrons. The lowest BCUT2D eigenvalue weighted by atomic mass is 9.85. The lowest BCUT2D eigenvalue weighted by Gasteiger charge is -2.41. The van der Waals surface area contributed by atoms with E-state index in [0.717, 1.165) is 89.9 Å². The SMILES string of the molecule is CCC/C=C\C/C=C\CCCCCCCC(=O)O[C@H](COC(=O)CCC/C=C\C/C=C\C/C=C\C/C=C\CCC[C@@H](C)O)COP(=O)(O)OC1[C@H](O)[C@H](O)C(O)[C@H](O)[C@H]1O. The molecule has 0 aliphatic heterocycles. The second-order valence-corrected chi connectivity index (χ2v) is 16.5. The minimum atomic E-state index is -5.14. The van der Waals surface area contributed by atoms with E-state index in [4.69, 9.17) is 18.5 Å². The molecular formula is C45H75O14P. The summed E-state index contributed by atoms with van der Waals surface area (Å²) in [5.74, 6) is -1.21. The number of carbonyl (C=O) groups excluding carboxylic acids is 2. The predicted molar refractivity (Wildman–Crippen MR) is 231 cm³/mol. The highest BCUT2D eigenvalue weighted by Gasteiger charge is 2.51. The molecule has 1 fully saturated rings.